The molecule has 0 bridgehead atoms. The summed E-state index contributed by atoms with van der Waals surface area (Å²) in [6, 6.07) is 121. The van der Waals surface area contributed by atoms with Crippen LogP contribution in [0.4, 0.5) is 68.2 Å². The fourth-order valence-corrected chi connectivity index (χ4v) is 25.3. The number of hydrogen-bond donors (Lipinski definition) is 0. The van der Waals surface area contributed by atoms with Crippen molar-refractivity contribution in [3.05, 3.63) is 393 Å². The monoisotopic (exact) mass is 1820 g/mol. The average molecular weight is 1820 g/mol. The van der Waals surface area contributed by atoms with E-state index in [2.05, 4.69) is 419 Å². The number of hydrogen-bond acceptors (Lipinski definition) is 4. The van der Waals surface area contributed by atoms with Crippen LogP contribution in [0.5, 0.6) is 0 Å². The predicted octanol–water partition coefficient (Wildman–Crippen LogP) is 25.4. The van der Waals surface area contributed by atoms with E-state index in [1.54, 1.807) is 0 Å². The summed E-state index contributed by atoms with van der Waals surface area (Å²) in [5.41, 5.74) is 24.1. The van der Waals surface area contributed by atoms with Gasteiger partial charge in [-0.05, 0) is 97.1 Å². The number of benzene rings is 17. The Morgan fingerprint density at radius 2 is 0.545 bits per heavy atom. The van der Waals surface area contributed by atoms with E-state index in [9.17, 15) is 8.22 Å². The maximum absolute atomic E-state index is 12.1. The quantitative estimate of drug-likeness (QED) is 0.127. The van der Waals surface area contributed by atoms with Gasteiger partial charge in [-0.1, -0.05) is 184 Å². The summed E-state index contributed by atoms with van der Waals surface area (Å²) in [5.74, 6) is 0. The zero-order valence-corrected chi connectivity index (χ0v) is 74.6. The summed E-state index contributed by atoms with van der Waals surface area (Å²) in [6.45, 7) is 19.2. The zero-order valence-electron chi connectivity index (χ0n) is 75.9. The van der Waals surface area contributed by atoms with Crippen molar-refractivity contribution in [1.82, 2.24) is 9.13 Å². The average Bonchev–Trinajstić information content (AvgIpc) is 1.39. The van der Waals surface area contributed by atoms with Gasteiger partial charge in [-0.3, -0.25) is 0 Å². The third kappa shape index (κ3) is 12.3. The zero-order chi connectivity index (χ0) is 88.1. The van der Waals surface area contributed by atoms with Gasteiger partial charge in [-0.25, -0.2) is 0 Å². The number of para-hydroxylation sites is 6. The molecule has 2 aromatic heterocycles. The third-order valence-corrected chi connectivity index (χ3v) is 31.7. The van der Waals surface area contributed by atoms with Crippen molar-refractivity contribution >= 4 is 191 Å². The molecule has 6 nitrogen and oxygen atoms in total. The van der Waals surface area contributed by atoms with Crippen molar-refractivity contribution < 1.29 is 8.22 Å². The van der Waals surface area contributed by atoms with E-state index >= 15 is 0 Å². The second-order valence-corrected chi connectivity index (χ2v) is 42.1. The summed E-state index contributed by atoms with van der Waals surface area (Å²) >= 11 is -1.41. The third-order valence-electron chi connectivity index (χ3n) is 25.3. The standard InChI is InChI=1S/C114H89BN6Te2/c1-112(2,3)76-62-85(72-34-14-10-15-35-72)110(86(63-76)73-36-16-11-17-37-73)120-101-70-81(116-93-44-24-22-42-83(93)89-68-79(56-60-95(89)116)118-97-46-26-30-50-105(97)122-106-51-31-27-47-98(106)118)54-58-91(101)115-92-59-55-82(117-94-45-25-23-43-84(94)90-69-80(57-61-96(90)117)119-99-48-28-32-52-107(99)123-108-53-33-29-49-100(108)119)71-102(92)121(104-67-78(114(7,8)9)66-103(120)109(104)115)111-87(74-38-18-12-19-39-74)64-77(113(4,5)6)65-88(111)75-40-20-13-21-41-75/h10-71H,1-9H3/i54D,55D,58D,59D,70D,71D. The van der Waals surface area contributed by atoms with Gasteiger partial charge in [0.15, 0.2) is 0 Å². The molecule has 590 valence electrons. The summed E-state index contributed by atoms with van der Waals surface area (Å²) < 4.78 is 80.1. The molecule has 0 spiro atoms. The first kappa shape index (κ1) is 68.8. The normalized spacial score (nSPS) is 14.1. The van der Waals surface area contributed by atoms with E-state index in [1.165, 1.54) is 14.4 Å². The van der Waals surface area contributed by atoms with Crippen LogP contribution < -0.4 is 50.4 Å². The minimum Gasteiger partial charge on any atom is -0.0622 e. The molecule has 0 radical (unpaired) electrons. The van der Waals surface area contributed by atoms with E-state index in [-0.39, 0.29) is 58.5 Å². The molecule has 17 aromatic carbocycles. The van der Waals surface area contributed by atoms with Gasteiger partial charge in [0.05, 0.1) is 11.4 Å². The predicted molar refractivity (Wildman–Crippen MR) is 526 cm³/mol. The summed E-state index contributed by atoms with van der Waals surface area (Å²) in [5, 5.41) is 3.69. The minimum absolute atomic E-state index is 0.00418. The molecule has 123 heavy (non-hydrogen) atoms. The molecule has 0 fully saturated rings. The van der Waals surface area contributed by atoms with Gasteiger partial charge in [0.1, 0.15) is 0 Å². The van der Waals surface area contributed by atoms with E-state index in [1.807, 2.05) is 12.1 Å². The van der Waals surface area contributed by atoms with Crippen LogP contribution >= 0.6 is 0 Å². The first-order valence-corrected chi connectivity index (χ1v) is 47.2. The Bertz CT molecular complexity index is 7260. The van der Waals surface area contributed by atoms with Gasteiger partial charge < -0.3 is 0 Å². The van der Waals surface area contributed by atoms with Crippen LogP contribution in [0.25, 0.3) is 99.5 Å². The molecule has 0 aliphatic carbocycles. The molecule has 4 aliphatic heterocycles. The van der Waals surface area contributed by atoms with Gasteiger partial charge in [0.2, 0.25) is 0 Å². The molecule has 4 aliphatic rings. The second-order valence-electron chi connectivity index (χ2n) is 35.9. The van der Waals surface area contributed by atoms with Crippen molar-refractivity contribution in [3.8, 4) is 55.9 Å². The smallest absolute Gasteiger partial charge is 0.0622 e. The molecule has 0 saturated heterocycles. The first-order chi connectivity index (χ1) is 62.5. The Kier molecular flexibility index (Phi) is 16.2. The summed E-state index contributed by atoms with van der Waals surface area (Å²) in [7, 11) is 0. The van der Waals surface area contributed by atoms with Gasteiger partial charge in [0.25, 0.3) is 6.71 Å². The number of aromatic nitrogens is 2. The fourth-order valence-electron chi connectivity index (χ4n) is 19.3. The van der Waals surface area contributed by atoms with Crippen LogP contribution in [-0.2, 0) is 16.2 Å². The number of rotatable bonds is 10. The van der Waals surface area contributed by atoms with Gasteiger partial charge >= 0.3 is 423 Å². The van der Waals surface area contributed by atoms with Crippen LogP contribution in [-0.4, -0.2) is 57.7 Å². The molecule has 0 unspecified atom stereocenters. The first-order valence-electron chi connectivity index (χ1n) is 45.5. The number of nitrogens with zero attached hydrogens (tertiary/aromatic N) is 6. The molecule has 6 heterocycles. The second kappa shape index (κ2) is 28.9. The van der Waals surface area contributed by atoms with Crippen LogP contribution in [0.2, 0.25) is 0 Å². The summed E-state index contributed by atoms with van der Waals surface area (Å²) in [6.07, 6.45) is 0. The molecule has 0 amide bonds. The Labute approximate surface area is 749 Å². The van der Waals surface area contributed by atoms with Crippen LogP contribution in [0.15, 0.2) is 376 Å². The summed E-state index contributed by atoms with van der Waals surface area (Å²) in [4.78, 5) is 9.39. The van der Waals surface area contributed by atoms with E-state index in [0.717, 1.165) is 150 Å². The maximum atomic E-state index is 12.1. The molecule has 0 atom stereocenters. The Morgan fingerprint density at radius 1 is 0.252 bits per heavy atom. The SMILES string of the molecule is [2H]c1c([2H])c(-n2c3ccccc3c3cc(N4c5ccccc5[Te]c5ccccc54)ccc32)c([2H])c2c1B1c3c(cc(C(C)(C)C)cc3N(c3c(-c4ccccc4)cc(C(C)(C)C)cc3-c3ccccc3)c3c([2H])c(-n4c5ccccc5c5cc(N6c7ccccc7[Te]c7ccccc76)ccc54)c([2H])c([2H])c31)N2c1c(-c2ccccc2)cc(C(C)(C)C)cc1-c1ccccc1. The Morgan fingerprint density at radius 3 is 0.878 bits per heavy atom. The van der Waals surface area contributed by atoms with Crippen LogP contribution in [0.1, 0.15) is 87.2 Å². The molecule has 0 saturated carbocycles. The van der Waals surface area contributed by atoms with Crippen molar-refractivity contribution in [2.24, 2.45) is 0 Å². The van der Waals surface area contributed by atoms with E-state index in [4.69, 9.17) is 0 Å². The van der Waals surface area contributed by atoms with Gasteiger partial charge in [0, 0.05) is 33.6 Å². The number of anilines is 12. The van der Waals surface area contributed by atoms with Gasteiger partial charge in [-0.2, -0.15) is 0 Å². The van der Waals surface area contributed by atoms with Gasteiger partial charge in [-0.15, -0.1) is 0 Å². The molecular weight excluding hydrogens is 1720 g/mol. The number of fused-ring (bicyclic) bond motifs is 14. The molecule has 23 rings (SSSR count). The van der Waals surface area contributed by atoms with Crippen LogP contribution in [0, 0.1) is 0 Å². The molecular formula is C114H89BN6Te2. The van der Waals surface area contributed by atoms with Crippen molar-refractivity contribution in [2.45, 2.75) is 78.6 Å². The topological polar surface area (TPSA) is 22.8 Å². The molecule has 0 N–H and O–H groups in total. The van der Waals surface area contributed by atoms with E-state index < -0.39 is 54.0 Å². The van der Waals surface area contributed by atoms with Crippen molar-refractivity contribution in [3.63, 3.8) is 0 Å². The molecule has 9 heteroatoms. The minimum atomic E-state index is -1.17. The Balaban J connectivity index is 0.885. The van der Waals surface area contributed by atoms with Crippen LogP contribution in [0.3, 0.4) is 0 Å². The van der Waals surface area contributed by atoms with E-state index in [0.29, 0.717) is 39.1 Å². The molecule has 19 aromatic rings. The fraction of sp³-hybridized carbons (Fsp3) is 0.105. The van der Waals surface area contributed by atoms with Crippen molar-refractivity contribution in [1.29, 1.82) is 0 Å². The van der Waals surface area contributed by atoms with Crippen molar-refractivity contribution in [2.75, 3.05) is 19.6 Å². The Hall–Kier alpha value is -12.8.